The zero-order valence-corrected chi connectivity index (χ0v) is 27.8. The Kier molecular flexibility index (Phi) is 12.0. The Hall–Kier alpha value is -2.82. The predicted molar refractivity (Wildman–Crippen MR) is 174 cm³/mol. The van der Waals surface area contributed by atoms with Crippen molar-refractivity contribution in [3.8, 4) is 23.0 Å². The highest BCUT2D eigenvalue weighted by Crippen LogP contribution is 2.37. The fourth-order valence-electron chi connectivity index (χ4n) is 6.58. The van der Waals surface area contributed by atoms with Gasteiger partial charge in [0.15, 0.2) is 23.0 Å². The molecule has 0 bridgehead atoms. The summed E-state index contributed by atoms with van der Waals surface area (Å²) in [4.78, 5) is 15.5. The lowest BCUT2D eigenvalue weighted by molar-refractivity contribution is -0.119. The first-order valence-electron chi connectivity index (χ1n) is 16.8. The molecule has 0 aromatic heterocycles. The lowest BCUT2D eigenvalue weighted by Crippen LogP contribution is -2.29. The Labute approximate surface area is 269 Å². The molecule has 9 nitrogen and oxygen atoms in total. The smallest absolute Gasteiger partial charge is 0.242 e. The Morgan fingerprint density at radius 3 is 2.09 bits per heavy atom. The highest BCUT2D eigenvalue weighted by atomic mass is 32.2. The summed E-state index contributed by atoms with van der Waals surface area (Å²) in [5.74, 6) is 3.95. The molecule has 1 fully saturated rings. The minimum Gasteiger partial charge on any atom is -0.486 e. The third-order valence-electron chi connectivity index (χ3n) is 9.42. The van der Waals surface area contributed by atoms with Crippen LogP contribution in [0.4, 0.5) is 0 Å². The van der Waals surface area contributed by atoms with E-state index < -0.39 is 10.0 Å². The average molecular weight is 643 g/mol. The number of hydrogen-bond donors (Lipinski definition) is 0. The number of nitrogens with zero attached hydrogens (tertiary/aromatic N) is 2. The molecule has 0 radical (unpaired) electrons. The third-order valence-corrected chi connectivity index (χ3v) is 11.3. The van der Waals surface area contributed by atoms with E-state index in [1.807, 2.05) is 6.07 Å². The van der Waals surface area contributed by atoms with Gasteiger partial charge in [-0.25, -0.2) is 12.7 Å². The Morgan fingerprint density at radius 2 is 1.40 bits per heavy atom. The van der Waals surface area contributed by atoms with Crippen LogP contribution in [0, 0.1) is 5.92 Å². The summed E-state index contributed by atoms with van der Waals surface area (Å²) >= 11 is 0. The second-order valence-corrected chi connectivity index (χ2v) is 14.7. The minimum absolute atomic E-state index is 0.202. The summed E-state index contributed by atoms with van der Waals surface area (Å²) in [6.07, 6.45) is 9.12. The van der Waals surface area contributed by atoms with Crippen LogP contribution in [-0.2, 0) is 14.8 Å². The summed E-state index contributed by atoms with van der Waals surface area (Å²) in [5, 5.41) is 0. The summed E-state index contributed by atoms with van der Waals surface area (Å²) in [6, 6.07) is 11.1. The number of fused-ring (bicyclic) bond motifs is 2. The van der Waals surface area contributed by atoms with E-state index in [0.29, 0.717) is 81.4 Å². The van der Waals surface area contributed by atoms with Crippen LogP contribution in [0.1, 0.15) is 82.6 Å². The standard InChI is InChI=1S/C35H50N2O7S/c1-27(28-13-15-32-34(24-28)43-22-20-41-32)29(26-37-18-8-9-19-37)10-5-6-12-30(38)11-4-3-7-17-36(2)45(39,40)31-14-16-33-35(25-31)44-23-21-42-33/h13-16,24-25,27,29H,3-12,17-23,26H2,1-2H3/t27-,29-/m1/s1. The van der Waals surface area contributed by atoms with Crippen molar-refractivity contribution in [1.82, 2.24) is 9.21 Å². The molecule has 3 heterocycles. The molecule has 0 spiro atoms. The Balaban J connectivity index is 1.01. The van der Waals surface area contributed by atoms with Crippen molar-refractivity contribution in [2.45, 2.75) is 81.9 Å². The van der Waals surface area contributed by atoms with E-state index in [0.717, 1.165) is 50.1 Å². The van der Waals surface area contributed by atoms with E-state index in [1.165, 1.54) is 41.9 Å². The van der Waals surface area contributed by atoms with Gasteiger partial charge in [-0.2, -0.15) is 0 Å². The van der Waals surface area contributed by atoms with Crippen molar-refractivity contribution in [3.63, 3.8) is 0 Å². The van der Waals surface area contributed by atoms with Crippen LogP contribution in [-0.4, -0.2) is 83.1 Å². The van der Waals surface area contributed by atoms with Crippen LogP contribution in [0.5, 0.6) is 23.0 Å². The van der Waals surface area contributed by atoms with Gasteiger partial charge in [0.2, 0.25) is 10.0 Å². The molecule has 2 aromatic rings. The molecule has 0 aliphatic carbocycles. The SMILES string of the molecule is C[C@H](c1ccc2c(c1)OCCO2)[C@H](CCCCC(=O)CCCCCN(C)S(=O)(=O)c1ccc2c(c1)OCCO2)CN1CCCC1. The lowest BCUT2D eigenvalue weighted by Gasteiger charge is -2.30. The molecule has 0 amide bonds. The fourth-order valence-corrected chi connectivity index (χ4v) is 7.81. The van der Waals surface area contributed by atoms with Crippen LogP contribution in [0.2, 0.25) is 0 Å². The highest BCUT2D eigenvalue weighted by Gasteiger charge is 2.26. The third kappa shape index (κ3) is 9.14. The zero-order chi connectivity index (χ0) is 31.6. The van der Waals surface area contributed by atoms with Crippen molar-refractivity contribution in [1.29, 1.82) is 0 Å². The van der Waals surface area contributed by atoms with Crippen molar-refractivity contribution in [2.75, 3.05) is 59.7 Å². The quantitative estimate of drug-likeness (QED) is 0.193. The van der Waals surface area contributed by atoms with E-state index in [1.54, 1.807) is 19.2 Å². The van der Waals surface area contributed by atoms with Crippen LogP contribution in [0.25, 0.3) is 0 Å². The fraction of sp³-hybridized carbons (Fsp3) is 0.629. The van der Waals surface area contributed by atoms with E-state index in [2.05, 4.69) is 24.0 Å². The number of likely N-dealkylation sites (tertiary alicyclic amines) is 1. The van der Waals surface area contributed by atoms with Crippen molar-refractivity contribution >= 4 is 15.8 Å². The molecule has 0 saturated carbocycles. The van der Waals surface area contributed by atoms with Gasteiger partial charge in [0.25, 0.3) is 0 Å². The number of ketones is 1. The minimum atomic E-state index is -3.62. The molecule has 10 heteroatoms. The first-order chi connectivity index (χ1) is 21.8. The molecular formula is C35H50N2O7S. The Bertz CT molecular complexity index is 1380. The maximum Gasteiger partial charge on any atom is 0.242 e. The second-order valence-electron chi connectivity index (χ2n) is 12.7. The number of hydrogen-bond acceptors (Lipinski definition) is 8. The van der Waals surface area contributed by atoms with Crippen LogP contribution < -0.4 is 18.9 Å². The average Bonchev–Trinajstić information content (AvgIpc) is 3.58. The molecule has 3 aliphatic rings. The van der Waals surface area contributed by atoms with Gasteiger partial charge in [-0.3, -0.25) is 4.79 Å². The monoisotopic (exact) mass is 642 g/mol. The zero-order valence-electron chi connectivity index (χ0n) is 27.0. The molecule has 3 aliphatic heterocycles. The van der Waals surface area contributed by atoms with E-state index in [4.69, 9.17) is 18.9 Å². The molecular weight excluding hydrogens is 592 g/mol. The molecule has 2 aromatic carbocycles. The summed E-state index contributed by atoms with van der Waals surface area (Å²) < 4.78 is 50.0. The van der Waals surface area contributed by atoms with Gasteiger partial charge in [-0.15, -0.1) is 0 Å². The molecule has 248 valence electrons. The largest absolute Gasteiger partial charge is 0.486 e. The molecule has 1 saturated heterocycles. The summed E-state index contributed by atoms with van der Waals surface area (Å²) in [6.45, 7) is 8.27. The van der Waals surface area contributed by atoms with Crippen LogP contribution >= 0.6 is 0 Å². The van der Waals surface area contributed by atoms with Gasteiger partial charge in [0.05, 0.1) is 4.90 Å². The molecule has 0 unspecified atom stereocenters. The predicted octanol–water partition coefficient (Wildman–Crippen LogP) is 6.06. The summed E-state index contributed by atoms with van der Waals surface area (Å²) in [7, 11) is -2.02. The first kappa shape index (κ1) is 33.5. The highest BCUT2D eigenvalue weighted by molar-refractivity contribution is 7.89. The van der Waals surface area contributed by atoms with Gasteiger partial charge in [-0.05, 0) is 93.3 Å². The van der Waals surface area contributed by atoms with Gasteiger partial charge in [-0.1, -0.05) is 25.8 Å². The number of ether oxygens (including phenoxy) is 4. The maximum atomic E-state index is 13.0. The number of Topliss-reactive ketones (excluding diaryl/α,β-unsaturated/α-hetero) is 1. The molecule has 5 rings (SSSR count). The van der Waals surface area contributed by atoms with Gasteiger partial charge in [0, 0.05) is 39.0 Å². The molecule has 0 N–H and O–H groups in total. The van der Waals surface area contributed by atoms with Gasteiger partial charge < -0.3 is 23.8 Å². The number of sulfonamides is 1. The van der Waals surface area contributed by atoms with E-state index >= 15 is 0 Å². The van der Waals surface area contributed by atoms with Crippen LogP contribution in [0.3, 0.4) is 0 Å². The van der Waals surface area contributed by atoms with Crippen molar-refractivity contribution in [3.05, 3.63) is 42.0 Å². The second kappa shape index (κ2) is 16.1. The maximum absolute atomic E-state index is 13.0. The molecule has 45 heavy (non-hydrogen) atoms. The van der Waals surface area contributed by atoms with Crippen LogP contribution in [0.15, 0.2) is 41.3 Å². The first-order valence-corrected chi connectivity index (χ1v) is 18.2. The lowest BCUT2D eigenvalue weighted by atomic mass is 9.83. The normalized spacial score (nSPS) is 17.8. The van der Waals surface area contributed by atoms with Crippen molar-refractivity contribution < 1.29 is 32.2 Å². The number of carbonyl (C=O) groups is 1. The topological polar surface area (TPSA) is 94.6 Å². The van der Waals surface area contributed by atoms with E-state index in [9.17, 15) is 13.2 Å². The van der Waals surface area contributed by atoms with E-state index in [-0.39, 0.29) is 4.90 Å². The number of unbranched alkanes of at least 4 members (excludes halogenated alkanes) is 3. The van der Waals surface area contributed by atoms with Crippen molar-refractivity contribution in [2.24, 2.45) is 5.92 Å². The number of rotatable bonds is 17. The molecule has 2 atom stereocenters. The number of carbonyl (C=O) groups excluding carboxylic acids is 1. The summed E-state index contributed by atoms with van der Waals surface area (Å²) in [5.41, 5.74) is 1.30. The van der Waals surface area contributed by atoms with Gasteiger partial charge in [0.1, 0.15) is 32.2 Å². The van der Waals surface area contributed by atoms with Gasteiger partial charge >= 0.3 is 0 Å². The Morgan fingerprint density at radius 1 is 0.800 bits per heavy atom. The number of benzene rings is 2.